The summed E-state index contributed by atoms with van der Waals surface area (Å²) in [5, 5.41) is 23.8. The minimum absolute atomic E-state index is 0.0107. The number of sulfonamides is 1. The van der Waals surface area contributed by atoms with Crippen LogP contribution in [0.2, 0.25) is 0 Å². The number of anilines is 3. The second-order valence-corrected chi connectivity index (χ2v) is 10.9. The number of aromatic hydroxyl groups is 1. The largest absolute Gasteiger partial charge is 0.506 e. The summed E-state index contributed by atoms with van der Waals surface area (Å²) in [6.07, 6.45) is 0.728. The number of nitrogens with zero attached hydrogens (tertiary/aromatic N) is 2. The van der Waals surface area contributed by atoms with Crippen LogP contribution in [0.4, 0.5) is 21.9 Å². The van der Waals surface area contributed by atoms with Crippen LogP contribution in [0.25, 0.3) is 0 Å². The molecule has 11 heteroatoms. The van der Waals surface area contributed by atoms with E-state index in [1.54, 1.807) is 21.9 Å². The summed E-state index contributed by atoms with van der Waals surface area (Å²) >= 11 is 0. The first kappa shape index (κ1) is 25.6. The van der Waals surface area contributed by atoms with E-state index in [9.17, 15) is 23.4 Å². The van der Waals surface area contributed by atoms with Gasteiger partial charge in [0.15, 0.2) is 0 Å². The normalized spacial score (nSPS) is 15.6. The highest BCUT2D eigenvalue weighted by Crippen LogP contribution is 2.28. The monoisotopic (exact) mass is 491 g/mol. The molecule has 2 aromatic rings. The van der Waals surface area contributed by atoms with Crippen molar-refractivity contribution in [1.82, 2.24) is 10.2 Å². The summed E-state index contributed by atoms with van der Waals surface area (Å²) in [6.45, 7) is 5.99. The highest BCUT2D eigenvalue weighted by molar-refractivity contribution is 7.92. The third-order valence-corrected chi connectivity index (χ3v) is 6.37. The molecule has 0 saturated carbocycles. The van der Waals surface area contributed by atoms with Crippen LogP contribution in [0.3, 0.4) is 0 Å². The summed E-state index contributed by atoms with van der Waals surface area (Å²) in [5.74, 6) is -0.224. The van der Waals surface area contributed by atoms with Gasteiger partial charge in [-0.1, -0.05) is 6.07 Å². The van der Waals surface area contributed by atoms with Gasteiger partial charge in [-0.25, -0.2) is 13.2 Å². The van der Waals surface area contributed by atoms with Crippen LogP contribution in [0.15, 0.2) is 42.5 Å². The first-order valence-corrected chi connectivity index (χ1v) is 12.9. The third kappa shape index (κ3) is 6.75. The smallest absolute Gasteiger partial charge is 0.324 e. The van der Waals surface area contributed by atoms with Gasteiger partial charge in [0.2, 0.25) is 10.0 Å². The van der Waals surface area contributed by atoms with Crippen LogP contribution in [0.1, 0.15) is 31.9 Å². The molecule has 34 heavy (non-hydrogen) atoms. The minimum atomic E-state index is -3.57. The Kier molecular flexibility index (Phi) is 7.59. The van der Waals surface area contributed by atoms with E-state index in [4.69, 9.17) is 5.73 Å². The van der Waals surface area contributed by atoms with Crippen molar-refractivity contribution in [3.05, 3.63) is 48.0 Å². The highest BCUT2D eigenvalue weighted by atomic mass is 32.2. The average Bonchev–Trinajstić information content (AvgIpc) is 3.12. The van der Waals surface area contributed by atoms with Crippen LogP contribution in [-0.4, -0.2) is 67.5 Å². The molecule has 2 aromatic carbocycles. The van der Waals surface area contributed by atoms with Crippen LogP contribution < -0.4 is 20.7 Å². The fourth-order valence-corrected chi connectivity index (χ4v) is 4.28. The number of urea groups is 1. The number of benzene rings is 2. The molecule has 1 fully saturated rings. The molecule has 1 aliphatic heterocycles. The first-order valence-electron chi connectivity index (χ1n) is 11.0. The van der Waals surface area contributed by atoms with Gasteiger partial charge in [-0.2, -0.15) is 0 Å². The maximum atomic E-state index is 12.8. The van der Waals surface area contributed by atoms with Crippen LogP contribution >= 0.6 is 0 Å². The first-order chi connectivity index (χ1) is 15.8. The lowest BCUT2D eigenvalue weighted by Crippen LogP contribution is -2.44. The molecule has 6 N–H and O–H groups in total. The number of phenols is 1. The van der Waals surface area contributed by atoms with E-state index in [0.717, 1.165) is 11.9 Å². The molecule has 2 amide bonds. The number of hydrogen-bond donors (Lipinski definition) is 5. The number of aliphatic hydroxyl groups is 1. The molecule has 1 saturated heterocycles. The van der Waals surface area contributed by atoms with Crippen molar-refractivity contribution >= 4 is 33.1 Å². The zero-order valence-electron chi connectivity index (χ0n) is 19.7. The van der Waals surface area contributed by atoms with Crippen LogP contribution in [0, 0.1) is 0 Å². The number of amides is 2. The molecule has 3 rings (SSSR count). The number of nitrogens with one attached hydrogen (secondary N) is 2. The maximum absolute atomic E-state index is 12.8. The zero-order chi connectivity index (χ0) is 25.1. The number of aliphatic hydroxyl groups excluding tert-OH is 1. The van der Waals surface area contributed by atoms with Gasteiger partial charge < -0.3 is 26.2 Å². The van der Waals surface area contributed by atoms with Gasteiger partial charge in [0.05, 0.1) is 18.0 Å². The van der Waals surface area contributed by atoms with Gasteiger partial charge >= 0.3 is 6.03 Å². The number of rotatable bonds is 10. The maximum Gasteiger partial charge on any atom is 0.324 e. The lowest BCUT2D eigenvalue weighted by Gasteiger charge is -2.30. The van der Waals surface area contributed by atoms with E-state index in [2.05, 4.69) is 10.0 Å². The topological polar surface area (TPSA) is 148 Å². The van der Waals surface area contributed by atoms with Crippen molar-refractivity contribution in [2.75, 3.05) is 47.8 Å². The van der Waals surface area contributed by atoms with Gasteiger partial charge in [0.1, 0.15) is 5.75 Å². The highest BCUT2D eigenvalue weighted by Gasteiger charge is 2.31. The van der Waals surface area contributed by atoms with Crippen molar-refractivity contribution < 1.29 is 23.4 Å². The Morgan fingerprint density at radius 2 is 1.82 bits per heavy atom. The summed E-state index contributed by atoms with van der Waals surface area (Å²) in [4.78, 5) is 16.3. The molecule has 1 heterocycles. The van der Waals surface area contributed by atoms with Gasteiger partial charge in [-0.05, 0) is 62.2 Å². The molecular formula is C23H33N5O5S. The Hall–Kier alpha value is -3.02. The molecular weight excluding hydrogens is 458 g/mol. The lowest BCUT2D eigenvalue weighted by atomic mass is 9.99. The summed E-state index contributed by atoms with van der Waals surface area (Å²) < 4.78 is 25.2. The second kappa shape index (κ2) is 10.1. The van der Waals surface area contributed by atoms with E-state index in [0.29, 0.717) is 37.3 Å². The van der Waals surface area contributed by atoms with Gasteiger partial charge in [0.25, 0.3) is 0 Å². The van der Waals surface area contributed by atoms with Crippen molar-refractivity contribution in [1.29, 1.82) is 0 Å². The SMILES string of the molecule is CC(C)(CCN1CCN(c2ccc(N)cc2)C1=O)NCC(O)c1ccc(O)c(NS(C)(=O)=O)c1. The molecule has 0 bridgehead atoms. The third-order valence-electron chi connectivity index (χ3n) is 5.78. The summed E-state index contributed by atoms with van der Waals surface area (Å²) in [7, 11) is -3.57. The molecule has 10 nitrogen and oxygen atoms in total. The number of hydrogen-bond acceptors (Lipinski definition) is 7. The molecule has 0 spiro atoms. The van der Waals surface area contributed by atoms with Gasteiger partial charge in [-0.3, -0.25) is 9.62 Å². The van der Waals surface area contributed by atoms with Gasteiger partial charge in [-0.15, -0.1) is 0 Å². The average molecular weight is 492 g/mol. The van der Waals surface area contributed by atoms with Crippen molar-refractivity contribution in [2.45, 2.75) is 31.9 Å². The number of phenolic OH excluding ortho intramolecular Hbond substituents is 1. The molecule has 0 aromatic heterocycles. The molecule has 1 atom stereocenters. The molecule has 1 unspecified atom stereocenters. The van der Waals surface area contributed by atoms with E-state index in [1.807, 2.05) is 26.0 Å². The molecule has 0 radical (unpaired) electrons. The Labute approximate surface area is 200 Å². The Balaban J connectivity index is 1.53. The van der Waals surface area contributed by atoms with Crippen LogP contribution in [0.5, 0.6) is 5.75 Å². The van der Waals surface area contributed by atoms with Crippen molar-refractivity contribution in [3.8, 4) is 5.75 Å². The summed E-state index contributed by atoms with van der Waals surface area (Å²) in [6, 6.07) is 11.5. The van der Waals surface area contributed by atoms with Crippen LogP contribution in [-0.2, 0) is 10.0 Å². The van der Waals surface area contributed by atoms with Crippen molar-refractivity contribution in [2.24, 2.45) is 0 Å². The Bertz CT molecular complexity index is 1120. The molecule has 0 aliphatic carbocycles. The fourth-order valence-electron chi connectivity index (χ4n) is 3.72. The standard InChI is InChI=1S/C23H33N5O5S/c1-23(2,10-11-27-12-13-28(22(27)31)18-7-5-17(24)6-8-18)25-15-21(30)16-4-9-20(29)19(14-16)26-34(3,32)33/h4-9,14,21,25-26,29-30H,10-13,15,24H2,1-3H3. The quantitative estimate of drug-likeness (QED) is 0.252. The number of nitrogen functional groups attached to an aromatic ring is 1. The lowest BCUT2D eigenvalue weighted by molar-refractivity contribution is 0.156. The predicted octanol–water partition coefficient (Wildman–Crippen LogP) is 2.08. The molecule has 1 aliphatic rings. The van der Waals surface area contributed by atoms with E-state index >= 15 is 0 Å². The number of β-amino-alcohol motifs (C(OH)–C–C–N with tert-alkyl or cyclic N) is 1. The Morgan fingerprint density at radius 1 is 1.15 bits per heavy atom. The second-order valence-electron chi connectivity index (χ2n) is 9.19. The number of carbonyl (C=O) groups excluding carboxylic acids is 1. The number of nitrogens with two attached hydrogens (primary N) is 1. The molecule has 186 valence electrons. The van der Waals surface area contributed by atoms with Gasteiger partial charge in [0, 0.05) is 43.1 Å². The minimum Gasteiger partial charge on any atom is -0.506 e. The summed E-state index contributed by atoms with van der Waals surface area (Å²) in [5.41, 5.74) is 7.30. The van der Waals surface area contributed by atoms with Crippen molar-refractivity contribution in [3.63, 3.8) is 0 Å². The fraction of sp³-hybridized carbons (Fsp3) is 0.435. The van der Waals surface area contributed by atoms with E-state index < -0.39 is 16.1 Å². The van der Waals surface area contributed by atoms with E-state index in [-0.39, 0.29) is 29.6 Å². The Morgan fingerprint density at radius 3 is 2.47 bits per heavy atom. The van der Waals surface area contributed by atoms with E-state index in [1.165, 1.54) is 18.2 Å². The zero-order valence-corrected chi connectivity index (χ0v) is 20.5. The predicted molar refractivity (Wildman–Crippen MR) is 133 cm³/mol. The number of carbonyl (C=O) groups is 1.